The van der Waals surface area contributed by atoms with E-state index in [2.05, 4.69) is 38.2 Å². The van der Waals surface area contributed by atoms with Gasteiger partial charge in [0.2, 0.25) is 0 Å². The molecule has 28 heavy (non-hydrogen) atoms. The summed E-state index contributed by atoms with van der Waals surface area (Å²) in [5.41, 5.74) is 1.04. The number of benzene rings is 3. The highest BCUT2D eigenvalue weighted by atomic mass is 16.5. The second-order valence-electron chi connectivity index (χ2n) is 7.74. The molecule has 1 N–H and O–H groups in total. The van der Waals surface area contributed by atoms with Crippen molar-refractivity contribution >= 4 is 16.7 Å². The number of amides is 1. The van der Waals surface area contributed by atoms with Gasteiger partial charge in [0.15, 0.2) is 6.61 Å². The van der Waals surface area contributed by atoms with Gasteiger partial charge < -0.3 is 14.8 Å². The van der Waals surface area contributed by atoms with Gasteiger partial charge in [0.05, 0.1) is 6.54 Å². The Hall–Kier alpha value is -3.01. The van der Waals surface area contributed by atoms with Crippen molar-refractivity contribution in [3.63, 3.8) is 0 Å². The summed E-state index contributed by atoms with van der Waals surface area (Å²) >= 11 is 0. The van der Waals surface area contributed by atoms with E-state index >= 15 is 0 Å². The lowest BCUT2D eigenvalue weighted by Gasteiger charge is -2.22. The summed E-state index contributed by atoms with van der Waals surface area (Å²) in [4.78, 5) is 12.1. The zero-order valence-electron chi connectivity index (χ0n) is 16.7. The van der Waals surface area contributed by atoms with Gasteiger partial charge in [-0.1, -0.05) is 69.3 Å². The maximum atomic E-state index is 12.1. The number of para-hydroxylation sites is 1. The average molecular weight is 377 g/mol. The van der Waals surface area contributed by atoms with Crippen LogP contribution in [0.3, 0.4) is 0 Å². The predicted molar refractivity (Wildman–Crippen MR) is 113 cm³/mol. The summed E-state index contributed by atoms with van der Waals surface area (Å²) in [6, 6.07) is 21.9. The Balaban J connectivity index is 1.44. The number of carbonyl (C=O) groups is 1. The number of rotatable bonds is 7. The molecule has 0 atom stereocenters. The van der Waals surface area contributed by atoms with E-state index in [9.17, 15) is 4.79 Å². The molecule has 3 aromatic carbocycles. The standard InChI is InChI=1S/C24H27NO3/c1-24(2,3)21-10-6-7-11-22(21)28-17-23(26)25-14-15-27-20-13-12-18-8-4-5-9-19(18)16-20/h4-13,16H,14-15,17H2,1-3H3,(H,25,26). The molecule has 3 rings (SSSR count). The van der Waals surface area contributed by atoms with Gasteiger partial charge in [-0.2, -0.15) is 0 Å². The molecule has 0 unspecified atom stereocenters. The fourth-order valence-electron chi connectivity index (χ4n) is 3.02. The lowest BCUT2D eigenvalue weighted by molar-refractivity contribution is -0.123. The van der Waals surface area contributed by atoms with Gasteiger partial charge in [0, 0.05) is 0 Å². The number of hydrogen-bond acceptors (Lipinski definition) is 3. The normalized spacial score (nSPS) is 11.2. The van der Waals surface area contributed by atoms with E-state index in [4.69, 9.17) is 9.47 Å². The number of ether oxygens (including phenoxy) is 2. The van der Waals surface area contributed by atoms with Crippen molar-refractivity contribution in [1.82, 2.24) is 5.32 Å². The van der Waals surface area contributed by atoms with Crippen LogP contribution in [0.1, 0.15) is 26.3 Å². The topological polar surface area (TPSA) is 47.6 Å². The van der Waals surface area contributed by atoms with E-state index in [1.807, 2.05) is 54.6 Å². The molecule has 0 aliphatic rings. The van der Waals surface area contributed by atoms with Crippen molar-refractivity contribution in [1.29, 1.82) is 0 Å². The van der Waals surface area contributed by atoms with Crippen molar-refractivity contribution in [3.8, 4) is 11.5 Å². The number of fused-ring (bicyclic) bond motifs is 1. The molecule has 3 aromatic rings. The molecule has 0 spiro atoms. The van der Waals surface area contributed by atoms with E-state index in [1.165, 1.54) is 5.39 Å². The second-order valence-corrected chi connectivity index (χ2v) is 7.74. The minimum absolute atomic E-state index is 0.0108. The molecule has 146 valence electrons. The molecule has 1 amide bonds. The van der Waals surface area contributed by atoms with Crippen LogP contribution in [-0.4, -0.2) is 25.7 Å². The fraction of sp³-hybridized carbons (Fsp3) is 0.292. The SMILES string of the molecule is CC(C)(C)c1ccccc1OCC(=O)NCCOc1ccc2ccccc2c1. The highest BCUT2D eigenvalue weighted by molar-refractivity contribution is 5.83. The summed E-state index contributed by atoms with van der Waals surface area (Å²) < 4.78 is 11.5. The van der Waals surface area contributed by atoms with Gasteiger partial charge in [-0.05, 0) is 39.9 Å². The maximum Gasteiger partial charge on any atom is 0.258 e. The molecule has 0 heterocycles. The molecule has 0 aromatic heterocycles. The van der Waals surface area contributed by atoms with Gasteiger partial charge in [-0.15, -0.1) is 0 Å². The molecule has 0 aliphatic heterocycles. The molecule has 0 fully saturated rings. The third-order valence-electron chi connectivity index (χ3n) is 4.47. The Morgan fingerprint density at radius 1 is 0.893 bits per heavy atom. The summed E-state index contributed by atoms with van der Waals surface area (Å²) in [5.74, 6) is 1.38. The van der Waals surface area contributed by atoms with E-state index < -0.39 is 0 Å². The highest BCUT2D eigenvalue weighted by Gasteiger charge is 2.18. The number of hydrogen-bond donors (Lipinski definition) is 1. The molecule has 0 radical (unpaired) electrons. The Bertz CT molecular complexity index is 944. The van der Waals surface area contributed by atoms with Crippen LogP contribution in [0.2, 0.25) is 0 Å². The van der Waals surface area contributed by atoms with Crippen LogP contribution in [0.4, 0.5) is 0 Å². The first-order valence-electron chi connectivity index (χ1n) is 9.54. The summed E-state index contributed by atoms with van der Waals surface area (Å²) in [6.45, 7) is 7.19. The monoisotopic (exact) mass is 377 g/mol. The van der Waals surface area contributed by atoms with Gasteiger partial charge in [0.25, 0.3) is 5.91 Å². The first-order chi connectivity index (χ1) is 13.4. The summed E-state index contributed by atoms with van der Waals surface area (Å²) in [6.07, 6.45) is 0. The lowest BCUT2D eigenvalue weighted by atomic mass is 9.86. The van der Waals surface area contributed by atoms with Crippen LogP contribution in [0.25, 0.3) is 10.8 Å². The van der Waals surface area contributed by atoms with E-state index in [0.717, 1.165) is 22.4 Å². The number of carbonyl (C=O) groups excluding carboxylic acids is 1. The van der Waals surface area contributed by atoms with Crippen molar-refractivity contribution in [2.45, 2.75) is 26.2 Å². The van der Waals surface area contributed by atoms with E-state index in [0.29, 0.717) is 13.2 Å². The minimum Gasteiger partial charge on any atom is -0.492 e. The molecule has 4 heteroatoms. The smallest absolute Gasteiger partial charge is 0.258 e. The van der Waals surface area contributed by atoms with Crippen LogP contribution in [0, 0.1) is 0 Å². The Labute approximate surface area is 166 Å². The molecule has 0 saturated carbocycles. The van der Waals surface area contributed by atoms with E-state index in [-0.39, 0.29) is 17.9 Å². The van der Waals surface area contributed by atoms with Crippen LogP contribution in [0.15, 0.2) is 66.7 Å². The zero-order chi connectivity index (χ0) is 20.0. The first-order valence-corrected chi connectivity index (χ1v) is 9.54. The van der Waals surface area contributed by atoms with Gasteiger partial charge >= 0.3 is 0 Å². The van der Waals surface area contributed by atoms with Gasteiger partial charge in [-0.25, -0.2) is 0 Å². The quantitative estimate of drug-likeness (QED) is 0.607. The maximum absolute atomic E-state index is 12.1. The van der Waals surface area contributed by atoms with Crippen LogP contribution >= 0.6 is 0 Å². The number of nitrogens with one attached hydrogen (secondary N) is 1. The van der Waals surface area contributed by atoms with E-state index in [1.54, 1.807) is 0 Å². The largest absolute Gasteiger partial charge is 0.492 e. The Morgan fingerprint density at radius 3 is 2.39 bits per heavy atom. The average Bonchev–Trinajstić information content (AvgIpc) is 2.69. The molecular formula is C24H27NO3. The van der Waals surface area contributed by atoms with Crippen molar-refractivity contribution in [2.24, 2.45) is 0 Å². The van der Waals surface area contributed by atoms with Crippen LogP contribution in [-0.2, 0) is 10.2 Å². The third-order valence-corrected chi connectivity index (χ3v) is 4.47. The van der Waals surface area contributed by atoms with Crippen LogP contribution < -0.4 is 14.8 Å². The van der Waals surface area contributed by atoms with Gasteiger partial charge in [-0.3, -0.25) is 4.79 Å². The van der Waals surface area contributed by atoms with Gasteiger partial charge in [0.1, 0.15) is 18.1 Å². The minimum atomic E-state index is -0.161. The van der Waals surface area contributed by atoms with Crippen LogP contribution in [0.5, 0.6) is 11.5 Å². The van der Waals surface area contributed by atoms with Crippen molar-refractivity contribution < 1.29 is 14.3 Å². The highest BCUT2D eigenvalue weighted by Crippen LogP contribution is 2.30. The zero-order valence-corrected chi connectivity index (χ0v) is 16.7. The Kier molecular flexibility index (Phi) is 6.19. The van der Waals surface area contributed by atoms with Crippen molar-refractivity contribution in [3.05, 3.63) is 72.3 Å². The lowest BCUT2D eigenvalue weighted by Crippen LogP contribution is -2.32. The summed E-state index contributed by atoms with van der Waals surface area (Å²) in [5, 5.41) is 5.14. The molecular weight excluding hydrogens is 350 g/mol. The fourth-order valence-corrected chi connectivity index (χ4v) is 3.02. The molecule has 4 nitrogen and oxygen atoms in total. The first kappa shape index (κ1) is 19.7. The molecule has 0 aliphatic carbocycles. The second kappa shape index (κ2) is 8.79. The Morgan fingerprint density at radius 2 is 1.61 bits per heavy atom. The molecule has 0 saturated heterocycles. The summed E-state index contributed by atoms with van der Waals surface area (Å²) in [7, 11) is 0. The third kappa shape index (κ3) is 5.26. The predicted octanol–water partition coefficient (Wildman–Crippen LogP) is 4.71. The van der Waals surface area contributed by atoms with Crippen molar-refractivity contribution in [2.75, 3.05) is 19.8 Å². The molecule has 0 bridgehead atoms.